The van der Waals surface area contributed by atoms with Crippen molar-refractivity contribution in [3.05, 3.63) is 113 Å². The molecule has 0 aliphatic carbocycles. The zero-order valence-corrected chi connectivity index (χ0v) is 21.5. The van der Waals surface area contributed by atoms with E-state index in [0.717, 1.165) is 38.2 Å². The summed E-state index contributed by atoms with van der Waals surface area (Å²) in [5.41, 5.74) is 8.43. The van der Waals surface area contributed by atoms with Crippen LogP contribution in [0.3, 0.4) is 0 Å². The molecule has 3 aromatic carbocycles. The monoisotopic (exact) mass is 555 g/mol. The van der Waals surface area contributed by atoms with Gasteiger partial charge in [0.2, 0.25) is 5.91 Å². The molecule has 0 spiro atoms. The second-order valence-corrected chi connectivity index (χ2v) is 9.63. The van der Waals surface area contributed by atoms with Crippen LogP contribution in [0.15, 0.2) is 102 Å². The molecular weight excluding hydrogens is 532 g/mol. The van der Waals surface area contributed by atoms with Gasteiger partial charge in [-0.05, 0) is 48.7 Å². The summed E-state index contributed by atoms with van der Waals surface area (Å²) in [7, 11) is 0. The summed E-state index contributed by atoms with van der Waals surface area (Å²) in [6.45, 7) is 0. The third-order valence-electron chi connectivity index (χ3n) is 6.17. The lowest BCUT2D eigenvalue weighted by molar-refractivity contribution is -0.305. The van der Waals surface area contributed by atoms with E-state index < -0.39 is 12.0 Å². The number of para-hydroxylation sites is 1. The Labute approximate surface area is 223 Å². The molecule has 8 heteroatoms. The molecule has 1 aliphatic rings. The van der Waals surface area contributed by atoms with Crippen molar-refractivity contribution in [3.63, 3.8) is 0 Å². The van der Waals surface area contributed by atoms with Gasteiger partial charge in [0.05, 0.1) is 17.1 Å². The fourth-order valence-corrected chi connectivity index (χ4v) is 4.61. The van der Waals surface area contributed by atoms with Crippen molar-refractivity contribution in [2.45, 2.75) is 25.3 Å². The molecule has 1 atom stereocenters. The molecular formula is C29H24BrN4O3-. The third kappa shape index (κ3) is 5.49. The van der Waals surface area contributed by atoms with E-state index in [0.29, 0.717) is 0 Å². The minimum atomic E-state index is -1.16. The van der Waals surface area contributed by atoms with E-state index in [1.807, 2.05) is 102 Å². The normalized spacial score (nSPS) is 14.8. The maximum atomic E-state index is 13.3. The van der Waals surface area contributed by atoms with Crippen molar-refractivity contribution in [2.24, 2.45) is 0 Å². The lowest BCUT2D eigenvalue weighted by atomic mass is 10.0. The fourth-order valence-electron chi connectivity index (χ4n) is 4.35. The highest BCUT2D eigenvalue weighted by Crippen LogP contribution is 2.37. The topological polar surface area (TPSA) is 90.3 Å². The molecule has 0 fully saturated rings. The van der Waals surface area contributed by atoms with Gasteiger partial charge < -0.3 is 9.90 Å². The standard InChI is InChI=1S/C29H25BrN4O3/c30-22-16-14-20(15-17-22)25-18-26(34(31-25)27(35)12-7-13-28(36)37)24-19-33(23-10-5-2-6-11-23)32-29(24)21-8-3-1-4-9-21/h1-6,8-11,14-19,26,31H,7,12-13H2,(H,36,37)/p-1/t26-/m1/s1. The molecule has 0 unspecified atom stereocenters. The predicted molar refractivity (Wildman–Crippen MR) is 143 cm³/mol. The number of hydrazine groups is 1. The van der Waals surface area contributed by atoms with Crippen LogP contribution >= 0.6 is 15.9 Å². The first kappa shape index (κ1) is 24.5. The van der Waals surface area contributed by atoms with Gasteiger partial charge in [-0.3, -0.25) is 10.2 Å². The van der Waals surface area contributed by atoms with E-state index in [9.17, 15) is 14.7 Å². The lowest BCUT2D eigenvalue weighted by Crippen LogP contribution is -2.39. The lowest BCUT2D eigenvalue weighted by Gasteiger charge is -2.25. The van der Waals surface area contributed by atoms with E-state index in [-0.39, 0.29) is 25.2 Å². The number of rotatable bonds is 8. The van der Waals surface area contributed by atoms with Crippen LogP contribution in [0.5, 0.6) is 0 Å². The van der Waals surface area contributed by atoms with Gasteiger partial charge in [0, 0.05) is 34.2 Å². The molecule has 37 heavy (non-hydrogen) atoms. The molecule has 0 bridgehead atoms. The molecule has 1 amide bonds. The molecule has 1 aromatic heterocycles. The van der Waals surface area contributed by atoms with Crippen LogP contribution in [0.1, 0.15) is 36.4 Å². The molecule has 0 saturated heterocycles. The number of nitrogens with one attached hydrogen (secondary N) is 1. The van der Waals surface area contributed by atoms with Crippen molar-refractivity contribution in [2.75, 3.05) is 0 Å². The molecule has 5 rings (SSSR count). The van der Waals surface area contributed by atoms with Crippen molar-refractivity contribution >= 4 is 33.5 Å². The summed E-state index contributed by atoms with van der Waals surface area (Å²) in [5, 5.41) is 17.4. The van der Waals surface area contributed by atoms with Crippen molar-refractivity contribution in [1.29, 1.82) is 0 Å². The van der Waals surface area contributed by atoms with Gasteiger partial charge >= 0.3 is 0 Å². The van der Waals surface area contributed by atoms with Crippen LogP contribution in [-0.4, -0.2) is 26.7 Å². The number of aliphatic carboxylic acids is 1. The molecule has 0 radical (unpaired) electrons. The Kier molecular flexibility index (Phi) is 7.18. The number of amides is 1. The highest BCUT2D eigenvalue weighted by Gasteiger charge is 2.33. The number of carboxylic acids is 1. The number of carbonyl (C=O) groups is 2. The zero-order valence-electron chi connectivity index (χ0n) is 19.9. The van der Waals surface area contributed by atoms with Crippen LogP contribution in [0.2, 0.25) is 0 Å². The number of nitrogens with zero attached hydrogens (tertiary/aromatic N) is 3. The zero-order chi connectivity index (χ0) is 25.8. The Balaban J connectivity index is 1.58. The summed E-state index contributed by atoms with van der Waals surface area (Å²) in [5.74, 6) is -1.37. The Morgan fingerprint density at radius 3 is 2.24 bits per heavy atom. The summed E-state index contributed by atoms with van der Waals surface area (Å²) in [6.07, 6.45) is 4.07. The van der Waals surface area contributed by atoms with Gasteiger partial charge in [-0.15, -0.1) is 0 Å². The first-order valence-corrected chi connectivity index (χ1v) is 12.8. The van der Waals surface area contributed by atoms with E-state index in [2.05, 4.69) is 21.4 Å². The molecule has 4 aromatic rings. The van der Waals surface area contributed by atoms with Gasteiger partial charge in [-0.1, -0.05) is 76.6 Å². The number of halogens is 1. The Hall–Kier alpha value is -4.17. The van der Waals surface area contributed by atoms with Gasteiger partial charge in [-0.25, -0.2) is 9.69 Å². The molecule has 1 aliphatic heterocycles. The average molecular weight is 556 g/mol. The molecule has 2 heterocycles. The number of carboxylic acid groups (broad SMARTS) is 1. The Bertz CT molecular complexity index is 1430. The number of aromatic nitrogens is 2. The average Bonchev–Trinajstić information content (AvgIpc) is 3.55. The minimum Gasteiger partial charge on any atom is -0.550 e. The number of benzene rings is 3. The first-order valence-electron chi connectivity index (χ1n) is 12.0. The third-order valence-corrected chi connectivity index (χ3v) is 6.70. The van der Waals surface area contributed by atoms with E-state index in [4.69, 9.17) is 5.10 Å². The molecule has 1 N–H and O–H groups in total. The van der Waals surface area contributed by atoms with E-state index in [1.165, 1.54) is 0 Å². The van der Waals surface area contributed by atoms with Crippen molar-refractivity contribution in [1.82, 2.24) is 20.2 Å². The van der Waals surface area contributed by atoms with Crippen LogP contribution in [0.25, 0.3) is 22.6 Å². The maximum Gasteiger partial charge on any atom is 0.241 e. The second-order valence-electron chi connectivity index (χ2n) is 8.71. The van der Waals surface area contributed by atoms with Crippen LogP contribution in [-0.2, 0) is 9.59 Å². The summed E-state index contributed by atoms with van der Waals surface area (Å²) >= 11 is 3.47. The van der Waals surface area contributed by atoms with Crippen LogP contribution < -0.4 is 10.5 Å². The summed E-state index contributed by atoms with van der Waals surface area (Å²) in [4.78, 5) is 24.3. The molecule has 7 nitrogen and oxygen atoms in total. The minimum absolute atomic E-state index is 0.0758. The van der Waals surface area contributed by atoms with Gasteiger partial charge in [0.15, 0.2) is 0 Å². The smallest absolute Gasteiger partial charge is 0.241 e. The van der Waals surface area contributed by atoms with Gasteiger partial charge in [-0.2, -0.15) is 5.10 Å². The Morgan fingerprint density at radius 2 is 1.57 bits per heavy atom. The van der Waals surface area contributed by atoms with Crippen molar-refractivity contribution < 1.29 is 14.7 Å². The van der Waals surface area contributed by atoms with E-state index in [1.54, 1.807) is 5.01 Å². The molecule has 186 valence electrons. The summed E-state index contributed by atoms with van der Waals surface area (Å²) in [6, 6.07) is 27.0. The number of hydrogen-bond donors (Lipinski definition) is 1. The number of carbonyl (C=O) groups excluding carboxylic acids is 2. The first-order chi connectivity index (χ1) is 18.0. The number of hydrogen-bond acceptors (Lipinski definition) is 5. The predicted octanol–water partition coefficient (Wildman–Crippen LogP) is 4.65. The highest BCUT2D eigenvalue weighted by molar-refractivity contribution is 9.10. The largest absolute Gasteiger partial charge is 0.550 e. The van der Waals surface area contributed by atoms with Gasteiger partial charge in [0.25, 0.3) is 0 Å². The van der Waals surface area contributed by atoms with Crippen LogP contribution in [0, 0.1) is 0 Å². The highest BCUT2D eigenvalue weighted by atomic mass is 79.9. The van der Waals surface area contributed by atoms with Crippen molar-refractivity contribution in [3.8, 4) is 16.9 Å². The molecule has 0 saturated carbocycles. The quantitative estimate of drug-likeness (QED) is 0.341. The maximum absolute atomic E-state index is 13.3. The van der Waals surface area contributed by atoms with Gasteiger partial charge in [0.1, 0.15) is 6.04 Å². The Morgan fingerprint density at radius 1 is 0.892 bits per heavy atom. The van der Waals surface area contributed by atoms with E-state index >= 15 is 0 Å². The second kappa shape index (κ2) is 10.8. The summed E-state index contributed by atoms with van der Waals surface area (Å²) < 4.78 is 2.78. The van der Waals surface area contributed by atoms with Crippen LogP contribution in [0.4, 0.5) is 0 Å². The SMILES string of the molecule is O=C([O-])CCCC(=O)N1NC(c2ccc(Br)cc2)=C[C@@H]1c1cn(-c2ccccc2)nc1-c1ccccc1. The fraction of sp³-hybridized carbons (Fsp3) is 0.138.